The van der Waals surface area contributed by atoms with Crippen LogP contribution in [0.4, 0.5) is 0 Å². The van der Waals surface area contributed by atoms with Crippen molar-refractivity contribution in [3.63, 3.8) is 0 Å². The summed E-state index contributed by atoms with van der Waals surface area (Å²) in [6.45, 7) is 9.91. The van der Waals surface area contributed by atoms with Gasteiger partial charge in [0.2, 0.25) is 0 Å². The Balaban J connectivity index is 0.000000461. The topological polar surface area (TPSA) is 36.4 Å². The molecule has 2 N–H and O–H groups in total. The van der Waals surface area contributed by atoms with Gasteiger partial charge in [0.1, 0.15) is 5.84 Å². The molecule has 1 aliphatic rings. The number of likely N-dealkylation sites (N-methyl/N-ethyl adjacent to an activating group) is 1. The Morgan fingerprint density at radius 2 is 2.27 bits per heavy atom. The summed E-state index contributed by atoms with van der Waals surface area (Å²) in [6, 6.07) is 0. The molecule has 0 unspecified atom stereocenters. The van der Waals surface area contributed by atoms with Crippen LogP contribution in [0.1, 0.15) is 20.8 Å². The Morgan fingerprint density at radius 1 is 1.55 bits per heavy atom. The highest BCUT2D eigenvalue weighted by atomic mass is 15.1. The van der Waals surface area contributed by atoms with E-state index in [1.165, 1.54) is 0 Å². The van der Waals surface area contributed by atoms with E-state index in [1.54, 1.807) is 0 Å². The Bertz CT molecular complexity index is 110. The van der Waals surface area contributed by atoms with Crippen molar-refractivity contribution < 1.29 is 0 Å². The molecule has 66 valence electrons. The van der Waals surface area contributed by atoms with Gasteiger partial charge in [-0.25, -0.2) is 0 Å². The predicted octanol–water partition coefficient (Wildman–Crippen LogP) is 0.624. The summed E-state index contributed by atoms with van der Waals surface area (Å²) in [5.74, 6) is 1.10. The average molecular weight is 157 g/mol. The van der Waals surface area contributed by atoms with E-state index in [-0.39, 0.29) is 0 Å². The first-order chi connectivity index (χ1) is 5.43. The summed E-state index contributed by atoms with van der Waals surface area (Å²) in [4.78, 5) is 4.26. The molecule has 1 rings (SSSR count). The molecule has 0 fully saturated rings. The largest absolute Gasteiger partial charge is 0.373 e. The minimum absolute atomic E-state index is 0.911. The van der Waals surface area contributed by atoms with Crippen LogP contribution < -0.4 is 10.6 Å². The minimum Gasteiger partial charge on any atom is -0.373 e. The maximum Gasteiger partial charge on any atom is 0.110 e. The Kier molecular flexibility index (Phi) is 7.15. The van der Waals surface area contributed by atoms with Gasteiger partial charge in [0.25, 0.3) is 0 Å². The maximum absolute atomic E-state index is 4.26. The zero-order valence-electron chi connectivity index (χ0n) is 7.78. The Morgan fingerprint density at radius 3 is 2.73 bits per heavy atom. The lowest BCUT2D eigenvalue weighted by atomic mass is 10.4. The van der Waals surface area contributed by atoms with E-state index in [9.17, 15) is 0 Å². The van der Waals surface area contributed by atoms with Gasteiger partial charge in [-0.3, -0.25) is 4.99 Å². The first-order valence-electron chi connectivity index (χ1n) is 4.41. The number of nitrogens with zero attached hydrogens (tertiary/aromatic N) is 1. The van der Waals surface area contributed by atoms with Gasteiger partial charge in [-0.1, -0.05) is 13.8 Å². The number of nitrogens with one attached hydrogen (secondary N) is 2. The van der Waals surface area contributed by atoms with E-state index in [4.69, 9.17) is 0 Å². The molecule has 1 aliphatic heterocycles. The lowest BCUT2D eigenvalue weighted by Gasteiger charge is -2.13. The highest BCUT2D eigenvalue weighted by Gasteiger charge is 1.99. The zero-order chi connectivity index (χ0) is 8.53. The first-order valence-corrected chi connectivity index (χ1v) is 4.41. The highest BCUT2D eigenvalue weighted by molar-refractivity contribution is 5.84. The second kappa shape index (κ2) is 7.54. The molecular weight excluding hydrogens is 138 g/mol. The van der Waals surface area contributed by atoms with Crippen LogP contribution in [0.15, 0.2) is 4.99 Å². The number of hydrogen-bond acceptors (Lipinski definition) is 3. The molecule has 3 nitrogen and oxygen atoms in total. The molecule has 0 bridgehead atoms. The second-order valence-corrected chi connectivity index (χ2v) is 2.04. The Labute approximate surface area is 69.3 Å². The normalized spacial score (nSPS) is 16.1. The first kappa shape index (κ1) is 10.4. The monoisotopic (exact) mass is 157 g/mol. The molecule has 0 saturated carbocycles. The van der Waals surface area contributed by atoms with Crippen molar-refractivity contribution >= 4 is 5.84 Å². The van der Waals surface area contributed by atoms with Crippen molar-refractivity contribution in [2.45, 2.75) is 20.8 Å². The van der Waals surface area contributed by atoms with Gasteiger partial charge >= 0.3 is 0 Å². The van der Waals surface area contributed by atoms with Crippen molar-refractivity contribution in [3.8, 4) is 0 Å². The standard InChI is InChI=1S/C6H13N3.C2H6/c1-2-8-6-5-7-3-4-9-6;1-2/h7H,2-5H2,1H3,(H,8,9);1-2H3. The molecule has 11 heavy (non-hydrogen) atoms. The van der Waals surface area contributed by atoms with Crippen LogP contribution in [0.3, 0.4) is 0 Å². The third-order valence-electron chi connectivity index (χ3n) is 1.26. The second-order valence-electron chi connectivity index (χ2n) is 2.04. The Hall–Kier alpha value is -0.570. The van der Waals surface area contributed by atoms with Crippen LogP contribution in [0.25, 0.3) is 0 Å². The molecule has 0 spiro atoms. The van der Waals surface area contributed by atoms with Gasteiger partial charge in [0.15, 0.2) is 0 Å². The fourth-order valence-corrected chi connectivity index (χ4v) is 0.855. The molecular formula is C8H19N3. The van der Waals surface area contributed by atoms with Crippen LogP contribution in [0, 0.1) is 0 Å². The summed E-state index contributed by atoms with van der Waals surface area (Å²) in [7, 11) is 0. The third kappa shape index (κ3) is 4.79. The van der Waals surface area contributed by atoms with Gasteiger partial charge in [-0.15, -0.1) is 0 Å². The van der Waals surface area contributed by atoms with Crippen molar-refractivity contribution in [1.82, 2.24) is 10.6 Å². The van der Waals surface area contributed by atoms with Crippen molar-refractivity contribution in [2.24, 2.45) is 4.99 Å². The van der Waals surface area contributed by atoms with Crippen LogP contribution in [0.5, 0.6) is 0 Å². The van der Waals surface area contributed by atoms with Gasteiger partial charge in [-0.05, 0) is 6.92 Å². The number of rotatable bonds is 1. The summed E-state index contributed by atoms with van der Waals surface area (Å²) < 4.78 is 0. The summed E-state index contributed by atoms with van der Waals surface area (Å²) in [5.41, 5.74) is 0. The van der Waals surface area contributed by atoms with E-state index in [1.807, 2.05) is 13.8 Å². The molecule has 3 heteroatoms. The highest BCUT2D eigenvalue weighted by Crippen LogP contribution is 1.80. The molecule has 1 heterocycles. The molecule has 0 aromatic heterocycles. The van der Waals surface area contributed by atoms with Gasteiger partial charge in [-0.2, -0.15) is 0 Å². The molecule has 0 radical (unpaired) electrons. The SMILES string of the molecule is CC.CCNC1=NCCNC1. The van der Waals surface area contributed by atoms with E-state index < -0.39 is 0 Å². The van der Waals surface area contributed by atoms with Crippen molar-refractivity contribution in [1.29, 1.82) is 0 Å². The average Bonchev–Trinajstić information content (AvgIpc) is 2.11. The van der Waals surface area contributed by atoms with Crippen LogP contribution in [-0.4, -0.2) is 32.0 Å². The van der Waals surface area contributed by atoms with Crippen LogP contribution >= 0.6 is 0 Å². The van der Waals surface area contributed by atoms with E-state index in [0.29, 0.717) is 0 Å². The van der Waals surface area contributed by atoms with Gasteiger partial charge < -0.3 is 10.6 Å². The van der Waals surface area contributed by atoms with Crippen LogP contribution in [0.2, 0.25) is 0 Å². The lowest BCUT2D eigenvalue weighted by Crippen LogP contribution is -2.39. The van der Waals surface area contributed by atoms with Crippen LogP contribution in [-0.2, 0) is 0 Å². The number of hydrogen-bond donors (Lipinski definition) is 2. The molecule has 0 amide bonds. The lowest BCUT2D eigenvalue weighted by molar-refractivity contribution is 0.712. The quantitative estimate of drug-likeness (QED) is 0.585. The summed E-state index contributed by atoms with van der Waals surface area (Å²) >= 11 is 0. The van der Waals surface area contributed by atoms with E-state index >= 15 is 0 Å². The van der Waals surface area contributed by atoms with Crippen molar-refractivity contribution in [2.75, 3.05) is 26.2 Å². The molecule has 0 aromatic rings. The number of aliphatic imine (C=N–C) groups is 1. The van der Waals surface area contributed by atoms with E-state index in [2.05, 4.69) is 22.5 Å². The number of amidine groups is 1. The summed E-state index contributed by atoms with van der Waals surface area (Å²) in [6.07, 6.45) is 0. The van der Waals surface area contributed by atoms with E-state index in [0.717, 1.165) is 32.0 Å². The van der Waals surface area contributed by atoms with Gasteiger partial charge in [0, 0.05) is 13.1 Å². The molecule has 0 saturated heterocycles. The molecule has 0 aromatic carbocycles. The fraction of sp³-hybridized carbons (Fsp3) is 0.875. The molecule has 0 atom stereocenters. The third-order valence-corrected chi connectivity index (χ3v) is 1.26. The zero-order valence-corrected chi connectivity index (χ0v) is 7.78. The predicted molar refractivity (Wildman–Crippen MR) is 50.2 cm³/mol. The minimum atomic E-state index is 0.911. The maximum atomic E-state index is 4.26. The fourth-order valence-electron chi connectivity index (χ4n) is 0.855. The molecule has 0 aliphatic carbocycles. The van der Waals surface area contributed by atoms with Gasteiger partial charge in [0.05, 0.1) is 13.1 Å². The smallest absolute Gasteiger partial charge is 0.110 e. The summed E-state index contributed by atoms with van der Waals surface area (Å²) in [5, 5.41) is 6.40. The van der Waals surface area contributed by atoms with Crippen molar-refractivity contribution in [3.05, 3.63) is 0 Å².